The molecule has 5 nitrogen and oxygen atoms in total. The molecule has 84 valence electrons. The van der Waals surface area contributed by atoms with Gasteiger partial charge in [0.15, 0.2) is 0 Å². The molecule has 0 fully saturated rings. The lowest BCUT2D eigenvalue weighted by atomic mass is 10.3. The molecule has 0 saturated carbocycles. The molecule has 0 unspecified atom stereocenters. The Morgan fingerprint density at radius 1 is 1.27 bits per heavy atom. The SMILES string of the molecule is COc1ccc(S(=O)(=O)CO)c(OC)c1. The van der Waals surface area contributed by atoms with Gasteiger partial charge in [0.25, 0.3) is 0 Å². The molecule has 0 aliphatic heterocycles. The van der Waals surface area contributed by atoms with Crippen LogP contribution in [0.5, 0.6) is 11.5 Å². The van der Waals surface area contributed by atoms with Crippen LogP contribution in [0.4, 0.5) is 0 Å². The molecule has 0 radical (unpaired) electrons. The number of aliphatic hydroxyl groups excluding tert-OH is 1. The van der Waals surface area contributed by atoms with Crippen LogP contribution in [-0.4, -0.2) is 33.7 Å². The second kappa shape index (κ2) is 4.50. The van der Waals surface area contributed by atoms with Crippen molar-refractivity contribution in [2.24, 2.45) is 0 Å². The quantitative estimate of drug-likeness (QED) is 0.814. The number of methoxy groups -OCH3 is 2. The van der Waals surface area contributed by atoms with Gasteiger partial charge in [-0.25, -0.2) is 8.42 Å². The molecule has 1 aromatic rings. The lowest BCUT2D eigenvalue weighted by molar-refractivity contribution is 0.355. The van der Waals surface area contributed by atoms with E-state index in [-0.39, 0.29) is 10.6 Å². The van der Waals surface area contributed by atoms with Crippen molar-refractivity contribution >= 4 is 9.84 Å². The highest BCUT2D eigenvalue weighted by Gasteiger charge is 2.18. The summed E-state index contributed by atoms with van der Waals surface area (Å²) in [6.07, 6.45) is 0. The summed E-state index contributed by atoms with van der Waals surface area (Å²) >= 11 is 0. The predicted octanol–water partition coefficient (Wildman–Crippen LogP) is 0.427. The molecule has 0 aliphatic carbocycles. The highest BCUT2D eigenvalue weighted by molar-refractivity contribution is 7.91. The zero-order valence-electron chi connectivity index (χ0n) is 8.43. The molecule has 0 saturated heterocycles. The molecule has 0 amide bonds. The highest BCUT2D eigenvalue weighted by atomic mass is 32.2. The van der Waals surface area contributed by atoms with E-state index in [2.05, 4.69) is 0 Å². The number of benzene rings is 1. The van der Waals surface area contributed by atoms with E-state index in [1.807, 2.05) is 0 Å². The maximum absolute atomic E-state index is 11.4. The van der Waals surface area contributed by atoms with Crippen molar-refractivity contribution in [3.8, 4) is 11.5 Å². The standard InChI is InChI=1S/C9H12O5S/c1-13-7-3-4-9(8(5-7)14-2)15(11,12)6-10/h3-5,10H,6H2,1-2H3. The van der Waals surface area contributed by atoms with Crippen LogP contribution in [0.15, 0.2) is 23.1 Å². The molecule has 0 bridgehead atoms. The van der Waals surface area contributed by atoms with Crippen molar-refractivity contribution in [1.29, 1.82) is 0 Å². The fourth-order valence-electron chi connectivity index (χ4n) is 1.10. The average molecular weight is 232 g/mol. The zero-order chi connectivity index (χ0) is 11.5. The van der Waals surface area contributed by atoms with Gasteiger partial charge >= 0.3 is 0 Å². The Morgan fingerprint density at radius 2 is 1.93 bits per heavy atom. The van der Waals surface area contributed by atoms with E-state index in [1.165, 1.54) is 32.4 Å². The monoisotopic (exact) mass is 232 g/mol. The van der Waals surface area contributed by atoms with Crippen molar-refractivity contribution in [2.45, 2.75) is 4.90 Å². The van der Waals surface area contributed by atoms with E-state index >= 15 is 0 Å². The van der Waals surface area contributed by atoms with Gasteiger partial charge in [0.05, 0.1) is 14.2 Å². The van der Waals surface area contributed by atoms with Crippen molar-refractivity contribution in [1.82, 2.24) is 0 Å². The largest absolute Gasteiger partial charge is 0.497 e. The second-order valence-corrected chi connectivity index (χ2v) is 4.69. The Morgan fingerprint density at radius 3 is 2.40 bits per heavy atom. The summed E-state index contributed by atoms with van der Waals surface area (Å²) in [7, 11) is -0.871. The van der Waals surface area contributed by atoms with E-state index in [1.54, 1.807) is 0 Å². The topological polar surface area (TPSA) is 72.8 Å². The van der Waals surface area contributed by atoms with Crippen LogP contribution in [-0.2, 0) is 9.84 Å². The maximum atomic E-state index is 11.4. The first-order chi connectivity index (χ1) is 7.05. The number of aliphatic hydroxyl groups is 1. The first kappa shape index (κ1) is 11.8. The van der Waals surface area contributed by atoms with Crippen molar-refractivity contribution in [3.63, 3.8) is 0 Å². The van der Waals surface area contributed by atoms with E-state index in [9.17, 15) is 8.42 Å². The van der Waals surface area contributed by atoms with Crippen LogP contribution < -0.4 is 9.47 Å². The normalized spacial score (nSPS) is 11.1. The minimum Gasteiger partial charge on any atom is -0.497 e. The summed E-state index contributed by atoms with van der Waals surface area (Å²) < 4.78 is 32.6. The molecule has 1 N–H and O–H groups in total. The molecular weight excluding hydrogens is 220 g/mol. The third-order valence-corrected chi connectivity index (χ3v) is 3.22. The van der Waals surface area contributed by atoms with E-state index in [0.717, 1.165) is 0 Å². The van der Waals surface area contributed by atoms with Gasteiger partial charge in [-0.05, 0) is 12.1 Å². The van der Waals surface area contributed by atoms with Crippen LogP contribution >= 0.6 is 0 Å². The lowest BCUT2D eigenvalue weighted by Gasteiger charge is -2.09. The fourth-order valence-corrected chi connectivity index (χ4v) is 1.96. The first-order valence-corrected chi connectivity index (χ1v) is 5.76. The smallest absolute Gasteiger partial charge is 0.205 e. The summed E-state index contributed by atoms with van der Waals surface area (Å²) in [5, 5.41) is 8.72. The van der Waals surface area contributed by atoms with Gasteiger partial charge in [-0.2, -0.15) is 0 Å². The van der Waals surface area contributed by atoms with Crippen LogP contribution in [0.3, 0.4) is 0 Å². The maximum Gasteiger partial charge on any atom is 0.205 e. The third kappa shape index (κ3) is 2.40. The van der Waals surface area contributed by atoms with Crippen molar-refractivity contribution < 1.29 is 23.0 Å². The summed E-state index contributed by atoms with van der Waals surface area (Å²) in [5.41, 5.74) is 0. The zero-order valence-corrected chi connectivity index (χ0v) is 9.24. The minimum atomic E-state index is -3.69. The Bertz CT molecular complexity index is 438. The van der Waals surface area contributed by atoms with Crippen LogP contribution in [0.1, 0.15) is 0 Å². The molecule has 15 heavy (non-hydrogen) atoms. The number of ether oxygens (including phenoxy) is 2. The summed E-state index contributed by atoms with van der Waals surface area (Å²) in [4.78, 5) is -0.0479. The summed E-state index contributed by atoms with van der Waals surface area (Å²) in [6, 6.07) is 4.27. The molecule has 0 spiro atoms. The molecule has 0 atom stereocenters. The van der Waals surface area contributed by atoms with Gasteiger partial charge in [-0.15, -0.1) is 0 Å². The summed E-state index contributed by atoms with van der Waals surface area (Å²) in [5.74, 6) is -0.303. The molecule has 0 heterocycles. The second-order valence-electron chi connectivity index (χ2n) is 2.76. The van der Waals surface area contributed by atoms with Gasteiger partial charge in [0, 0.05) is 6.07 Å². The Hall–Kier alpha value is -1.27. The van der Waals surface area contributed by atoms with Crippen molar-refractivity contribution in [2.75, 3.05) is 20.2 Å². The molecule has 0 aromatic heterocycles. The fraction of sp³-hybridized carbons (Fsp3) is 0.333. The van der Waals surface area contributed by atoms with Gasteiger partial charge in [0.2, 0.25) is 9.84 Å². The predicted molar refractivity (Wildman–Crippen MR) is 53.8 cm³/mol. The van der Waals surface area contributed by atoms with Gasteiger partial charge < -0.3 is 14.6 Å². The van der Waals surface area contributed by atoms with Crippen LogP contribution in [0.2, 0.25) is 0 Å². The molecule has 1 aromatic carbocycles. The number of rotatable bonds is 4. The van der Waals surface area contributed by atoms with Crippen LogP contribution in [0.25, 0.3) is 0 Å². The van der Waals surface area contributed by atoms with Crippen LogP contribution in [0, 0.1) is 0 Å². The average Bonchev–Trinajstić information content (AvgIpc) is 2.28. The minimum absolute atomic E-state index is 0.0479. The highest BCUT2D eigenvalue weighted by Crippen LogP contribution is 2.28. The molecule has 1 rings (SSSR count). The van der Waals surface area contributed by atoms with E-state index in [0.29, 0.717) is 5.75 Å². The third-order valence-electron chi connectivity index (χ3n) is 1.88. The molecule has 0 aliphatic rings. The van der Waals surface area contributed by atoms with E-state index in [4.69, 9.17) is 14.6 Å². The number of hydrogen-bond donors (Lipinski definition) is 1. The Kier molecular flexibility index (Phi) is 3.54. The van der Waals surface area contributed by atoms with E-state index < -0.39 is 15.8 Å². The number of sulfone groups is 1. The molecule has 6 heteroatoms. The van der Waals surface area contributed by atoms with Gasteiger partial charge in [-0.1, -0.05) is 0 Å². The van der Waals surface area contributed by atoms with Crippen molar-refractivity contribution in [3.05, 3.63) is 18.2 Å². The van der Waals surface area contributed by atoms with Gasteiger partial charge in [-0.3, -0.25) is 0 Å². The summed E-state index contributed by atoms with van der Waals surface area (Å²) in [6.45, 7) is 0. The van der Waals surface area contributed by atoms with Gasteiger partial charge in [0.1, 0.15) is 22.3 Å². The number of hydrogen-bond acceptors (Lipinski definition) is 5. The lowest BCUT2D eigenvalue weighted by Crippen LogP contribution is -2.07. The molecular formula is C9H12O5S. The first-order valence-electron chi connectivity index (χ1n) is 4.11. The Labute approximate surface area is 88.2 Å². The Balaban J connectivity index is 3.31.